The van der Waals surface area contributed by atoms with Gasteiger partial charge in [0.25, 0.3) is 10.1 Å². The van der Waals surface area contributed by atoms with Crippen LogP contribution in [0.5, 0.6) is 0 Å². The number of cyclic esters (lactones) is 2. The zero-order valence-electron chi connectivity index (χ0n) is 5.68. The SMILES string of the molecule is O=C1C=C(CS(=O)(=O)O)C(=O)O1. The molecule has 1 aliphatic rings. The van der Waals surface area contributed by atoms with E-state index in [1.54, 1.807) is 0 Å². The molecule has 66 valence electrons. The largest absolute Gasteiger partial charge is 0.386 e. The summed E-state index contributed by atoms with van der Waals surface area (Å²) in [5, 5.41) is 0. The molecule has 0 amide bonds. The fourth-order valence-electron chi connectivity index (χ4n) is 0.685. The highest BCUT2D eigenvalue weighted by Gasteiger charge is 2.26. The van der Waals surface area contributed by atoms with E-state index in [-0.39, 0.29) is 5.57 Å². The maximum absolute atomic E-state index is 10.6. The molecule has 0 fully saturated rings. The summed E-state index contributed by atoms with van der Waals surface area (Å²) in [6, 6.07) is 0. The van der Waals surface area contributed by atoms with Crippen molar-refractivity contribution in [1.82, 2.24) is 0 Å². The van der Waals surface area contributed by atoms with Crippen LogP contribution in [-0.2, 0) is 24.4 Å². The van der Waals surface area contributed by atoms with Gasteiger partial charge in [0.2, 0.25) is 0 Å². The van der Waals surface area contributed by atoms with Gasteiger partial charge in [-0.05, 0) is 0 Å². The van der Waals surface area contributed by atoms with Gasteiger partial charge in [-0.1, -0.05) is 0 Å². The summed E-state index contributed by atoms with van der Waals surface area (Å²) in [4.78, 5) is 20.9. The second kappa shape index (κ2) is 2.68. The van der Waals surface area contributed by atoms with Crippen LogP contribution in [0.1, 0.15) is 0 Å². The topological polar surface area (TPSA) is 97.7 Å². The minimum absolute atomic E-state index is 0.359. The average Bonchev–Trinajstić information content (AvgIpc) is 2.06. The van der Waals surface area contributed by atoms with Crippen LogP contribution in [0.4, 0.5) is 0 Å². The molecule has 0 unspecified atom stereocenters. The molecule has 7 heteroatoms. The molecule has 1 N–H and O–H groups in total. The van der Waals surface area contributed by atoms with E-state index >= 15 is 0 Å². The first-order valence-electron chi connectivity index (χ1n) is 2.80. The first kappa shape index (κ1) is 8.88. The highest BCUT2D eigenvalue weighted by atomic mass is 32.2. The van der Waals surface area contributed by atoms with Crippen LogP contribution in [0, 0.1) is 0 Å². The Bertz CT molecular complexity index is 361. The number of ether oxygens (including phenoxy) is 1. The lowest BCUT2D eigenvalue weighted by Gasteiger charge is -1.93. The summed E-state index contributed by atoms with van der Waals surface area (Å²) in [5.41, 5.74) is -0.359. The van der Waals surface area contributed by atoms with Crippen LogP contribution >= 0.6 is 0 Å². The minimum atomic E-state index is -4.29. The molecule has 0 radical (unpaired) electrons. The van der Waals surface area contributed by atoms with E-state index in [1.807, 2.05) is 0 Å². The maximum atomic E-state index is 10.6. The van der Waals surface area contributed by atoms with Crippen molar-refractivity contribution >= 4 is 22.1 Å². The number of carbonyl (C=O) groups excluding carboxylic acids is 2. The molecule has 12 heavy (non-hydrogen) atoms. The zero-order valence-corrected chi connectivity index (χ0v) is 6.50. The first-order chi connectivity index (χ1) is 5.38. The van der Waals surface area contributed by atoms with Crippen LogP contribution in [0.15, 0.2) is 11.6 Å². The van der Waals surface area contributed by atoms with E-state index in [2.05, 4.69) is 4.74 Å². The lowest BCUT2D eigenvalue weighted by molar-refractivity contribution is -0.150. The Morgan fingerprint density at radius 1 is 1.42 bits per heavy atom. The van der Waals surface area contributed by atoms with Crippen LogP contribution in [0.3, 0.4) is 0 Å². The van der Waals surface area contributed by atoms with Gasteiger partial charge in [-0.15, -0.1) is 0 Å². The van der Waals surface area contributed by atoms with E-state index in [1.165, 1.54) is 0 Å². The molecule has 0 aromatic heterocycles. The molecular weight excluding hydrogens is 188 g/mol. The van der Waals surface area contributed by atoms with Crippen molar-refractivity contribution in [3.8, 4) is 0 Å². The average molecular weight is 192 g/mol. The van der Waals surface area contributed by atoms with Gasteiger partial charge in [0.05, 0.1) is 5.57 Å². The summed E-state index contributed by atoms with van der Waals surface area (Å²) in [6.07, 6.45) is 0.732. The molecule has 1 heterocycles. The van der Waals surface area contributed by atoms with Crippen molar-refractivity contribution in [2.45, 2.75) is 0 Å². The molecule has 0 aromatic carbocycles. The van der Waals surface area contributed by atoms with Gasteiger partial charge in [0, 0.05) is 6.08 Å². The Balaban J connectivity index is 2.85. The molecule has 1 aliphatic heterocycles. The summed E-state index contributed by atoms with van der Waals surface area (Å²) in [5.74, 6) is -2.84. The molecule has 0 saturated carbocycles. The quantitative estimate of drug-likeness (QED) is 0.338. The lowest BCUT2D eigenvalue weighted by Crippen LogP contribution is -2.11. The van der Waals surface area contributed by atoms with Gasteiger partial charge in [0.1, 0.15) is 5.75 Å². The van der Waals surface area contributed by atoms with Gasteiger partial charge in [0.15, 0.2) is 0 Å². The Morgan fingerprint density at radius 2 is 2.00 bits per heavy atom. The van der Waals surface area contributed by atoms with Crippen molar-refractivity contribution in [1.29, 1.82) is 0 Å². The van der Waals surface area contributed by atoms with Gasteiger partial charge >= 0.3 is 11.9 Å². The van der Waals surface area contributed by atoms with Gasteiger partial charge in [-0.2, -0.15) is 8.42 Å². The fraction of sp³-hybridized carbons (Fsp3) is 0.200. The number of hydrogen-bond donors (Lipinski definition) is 1. The molecule has 0 aliphatic carbocycles. The predicted molar refractivity (Wildman–Crippen MR) is 35.6 cm³/mol. The molecular formula is C5H4O6S. The minimum Gasteiger partial charge on any atom is -0.386 e. The number of rotatable bonds is 2. The van der Waals surface area contributed by atoms with E-state index in [0.717, 1.165) is 6.08 Å². The smallest absolute Gasteiger partial charge is 0.343 e. The van der Waals surface area contributed by atoms with Crippen LogP contribution in [0.2, 0.25) is 0 Å². The molecule has 6 nitrogen and oxygen atoms in total. The monoisotopic (exact) mass is 192 g/mol. The van der Waals surface area contributed by atoms with Crippen LogP contribution in [0.25, 0.3) is 0 Å². The Morgan fingerprint density at radius 3 is 2.33 bits per heavy atom. The molecule has 1 rings (SSSR count). The zero-order chi connectivity index (χ0) is 9.35. The second-order valence-electron chi connectivity index (χ2n) is 2.10. The highest BCUT2D eigenvalue weighted by molar-refractivity contribution is 7.86. The van der Waals surface area contributed by atoms with Crippen molar-refractivity contribution in [2.75, 3.05) is 5.75 Å². The summed E-state index contributed by atoms with van der Waals surface area (Å²) in [7, 11) is -4.29. The van der Waals surface area contributed by atoms with Gasteiger partial charge in [-0.3, -0.25) is 4.55 Å². The van der Waals surface area contributed by atoms with Crippen LogP contribution in [-0.4, -0.2) is 30.7 Å². The Hall–Kier alpha value is -1.21. The molecule has 0 atom stereocenters. The third-order valence-corrected chi connectivity index (χ3v) is 1.76. The third kappa shape index (κ3) is 2.14. The van der Waals surface area contributed by atoms with E-state index in [0.29, 0.717) is 0 Å². The van der Waals surface area contributed by atoms with Crippen molar-refractivity contribution in [3.05, 3.63) is 11.6 Å². The number of carbonyl (C=O) groups is 2. The maximum Gasteiger partial charge on any atom is 0.343 e. The Labute approximate surface area is 67.6 Å². The normalized spacial score (nSPS) is 17.6. The van der Waals surface area contributed by atoms with E-state index in [9.17, 15) is 18.0 Å². The standard InChI is InChI=1S/C5H4O6S/c6-4-1-3(5(7)11-4)2-12(8,9)10/h1H,2H2,(H,8,9,10). The van der Waals surface area contributed by atoms with Crippen LogP contribution < -0.4 is 0 Å². The van der Waals surface area contributed by atoms with Crippen molar-refractivity contribution in [2.24, 2.45) is 0 Å². The molecule has 0 saturated heterocycles. The number of hydrogen-bond acceptors (Lipinski definition) is 5. The first-order valence-corrected chi connectivity index (χ1v) is 4.41. The van der Waals surface area contributed by atoms with Gasteiger partial charge in [-0.25, -0.2) is 9.59 Å². The number of esters is 2. The summed E-state index contributed by atoms with van der Waals surface area (Å²) >= 11 is 0. The molecule has 0 aromatic rings. The molecule has 0 spiro atoms. The predicted octanol–water partition coefficient (Wildman–Crippen LogP) is -1.12. The Kier molecular flexibility index (Phi) is 1.99. The van der Waals surface area contributed by atoms with E-state index in [4.69, 9.17) is 4.55 Å². The lowest BCUT2D eigenvalue weighted by atomic mass is 10.3. The van der Waals surface area contributed by atoms with Crippen molar-refractivity contribution in [3.63, 3.8) is 0 Å². The van der Waals surface area contributed by atoms with Crippen molar-refractivity contribution < 1.29 is 27.3 Å². The summed E-state index contributed by atoms with van der Waals surface area (Å²) in [6.45, 7) is 0. The van der Waals surface area contributed by atoms with E-state index < -0.39 is 27.8 Å². The highest BCUT2D eigenvalue weighted by Crippen LogP contribution is 2.09. The molecule has 0 bridgehead atoms. The van der Waals surface area contributed by atoms with Gasteiger partial charge < -0.3 is 4.74 Å². The second-order valence-corrected chi connectivity index (χ2v) is 3.56. The fourth-order valence-corrected chi connectivity index (χ4v) is 1.28. The third-order valence-electron chi connectivity index (χ3n) is 1.09. The summed E-state index contributed by atoms with van der Waals surface area (Å²) < 4.78 is 32.7.